The Hall–Kier alpha value is -1.16. The summed E-state index contributed by atoms with van der Waals surface area (Å²) in [5.74, 6) is 1.66. The van der Waals surface area contributed by atoms with Gasteiger partial charge in [0.2, 0.25) is 0 Å². The molecule has 0 bridgehead atoms. The monoisotopic (exact) mass is 207 g/mol. The third-order valence-electron chi connectivity index (χ3n) is 3.03. The van der Waals surface area contributed by atoms with Gasteiger partial charge in [0.15, 0.2) is 5.78 Å². The lowest BCUT2D eigenvalue weighted by Gasteiger charge is -2.21. The molecule has 0 amide bonds. The Morgan fingerprint density at radius 2 is 2.40 bits per heavy atom. The highest BCUT2D eigenvalue weighted by Crippen LogP contribution is 2.23. The number of nitrogens with two attached hydrogens (primary N) is 1. The van der Waals surface area contributed by atoms with Crippen LogP contribution in [0.1, 0.15) is 35.4 Å². The molecular weight excluding hydrogens is 190 g/mol. The first kappa shape index (κ1) is 10.4. The van der Waals surface area contributed by atoms with Crippen LogP contribution in [0.15, 0.2) is 0 Å². The minimum atomic E-state index is 0.000324. The number of Topliss-reactive ketones (excluding diaryl/α,β-unsaturated/α-hetero) is 1. The van der Waals surface area contributed by atoms with Crippen molar-refractivity contribution in [2.45, 2.75) is 33.2 Å². The van der Waals surface area contributed by atoms with Crippen LogP contribution in [0.3, 0.4) is 0 Å². The van der Waals surface area contributed by atoms with Gasteiger partial charge < -0.3 is 10.3 Å². The maximum absolute atomic E-state index is 11.7. The molecule has 4 heteroatoms. The van der Waals surface area contributed by atoms with Crippen molar-refractivity contribution in [2.75, 3.05) is 6.54 Å². The summed E-state index contributed by atoms with van der Waals surface area (Å²) in [6.07, 6.45) is 2.13. The van der Waals surface area contributed by atoms with Crippen LogP contribution in [0.25, 0.3) is 0 Å². The van der Waals surface area contributed by atoms with E-state index in [1.807, 2.05) is 6.92 Å². The number of aryl methyl sites for hydroxylation is 2. The summed E-state index contributed by atoms with van der Waals surface area (Å²) >= 11 is 0. The van der Waals surface area contributed by atoms with E-state index >= 15 is 0 Å². The third-order valence-corrected chi connectivity index (χ3v) is 3.03. The first-order chi connectivity index (χ1) is 7.13. The first-order valence-electron chi connectivity index (χ1n) is 5.42. The molecule has 15 heavy (non-hydrogen) atoms. The predicted octanol–water partition coefficient (Wildman–Crippen LogP) is 0.915. The Balaban J connectivity index is 2.46. The van der Waals surface area contributed by atoms with Crippen LogP contribution in [0.5, 0.6) is 0 Å². The molecule has 1 aromatic heterocycles. The van der Waals surface area contributed by atoms with Gasteiger partial charge in [0, 0.05) is 13.0 Å². The molecule has 4 nitrogen and oxygen atoms in total. The van der Waals surface area contributed by atoms with Crippen molar-refractivity contribution in [3.05, 3.63) is 17.2 Å². The Kier molecular flexibility index (Phi) is 2.61. The van der Waals surface area contributed by atoms with Crippen molar-refractivity contribution in [1.82, 2.24) is 9.55 Å². The molecule has 2 rings (SSSR count). The third kappa shape index (κ3) is 1.69. The average Bonchev–Trinajstić information content (AvgIpc) is 2.52. The molecule has 0 radical (unpaired) electrons. The predicted molar refractivity (Wildman–Crippen MR) is 57.8 cm³/mol. The molecule has 0 aliphatic carbocycles. The number of rotatable bonds is 2. The fourth-order valence-corrected chi connectivity index (χ4v) is 2.25. The lowest BCUT2D eigenvalue weighted by Crippen LogP contribution is -2.24. The number of fused-ring (bicyclic) bond motifs is 1. The molecule has 1 atom stereocenters. The van der Waals surface area contributed by atoms with Gasteiger partial charge in [-0.3, -0.25) is 4.79 Å². The molecule has 82 valence electrons. The minimum absolute atomic E-state index is 0.000324. The summed E-state index contributed by atoms with van der Waals surface area (Å²) < 4.78 is 2.05. The van der Waals surface area contributed by atoms with Gasteiger partial charge in [0.05, 0.1) is 12.2 Å². The molecule has 0 saturated carbocycles. The summed E-state index contributed by atoms with van der Waals surface area (Å²) in [6, 6.07) is 0. The van der Waals surface area contributed by atoms with Crippen molar-refractivity contribution < 1.29 is 4.79 Å². The summed E-state index contributed by atoms with van der Waals surface area (Å²) in [7, 11) is 0. The van der Waals surface area contributed by atoms with Gasteiger partial charge >= 0.3 is 0 Å². The second kappa shape index (κ2) is 3.77. The van der Waals surface area contributed by atoms with E-state index in [9.17, 15) is 4.79 Å². The molecule has 0 saturated heterocycles. The van der Waals surface area contributed by atoms with Crippen LogP contribution in [0.4, 0.5) is 0 Å². The normalized spacial score (nSPS) is 20.1. The molecule has 1 unspecified atom stereocenters. The first-order valence-corrected chi connectivity index (χ1v) is 5.42. The highest BCUT2D eigenvalue weighted by molar-refractivity contribution is 5.97. The highest BCUT2D eigenvalue weighted by atomic mass is 16.1. The number of carbonyl (C=O) groups excluding carboxylic acids is 1. The van der Waals surface area contributed by atoms with Crippen molar-refractivity contribution >= 4 is 5.78 Å². The van der Waals surface area contributed by atoms with E-state index < -0.39 is 0 Å². The summed E-state index contributed by atoms with van der Waals surface area (Å²) in [6.45, 7) is 5.06. The van der Waals surface area contributed by atoms with Gasteiger partial charge in [0.25, 0.3) is 0 Å². The van der Waals surface area contributed by atoms with Gasteiger partial charge in [-0.05, 0) is 19.3 Å². The smallest absolute Gasteiger partial charge is 0.194 e. The standard InChI is InChI=1S/C11H17N3O/c1-7-3-4-10-13-8(2)11(9(15)5-12)14(10)6-7/h7H,3-6,12H2,1-2H3. The molecule has 1 aromatic rings. The number of nitrogens with zero attached hydrogens (tertiary/aromatic N) is 2. The number of hydrogen-bond donors (Lipinski definition) is 1. The lowest BCUT2D eigenvalue weighted by molar-refractivity contribution is 0.0989. The summed E-state index contributed by atoms with van der Waals surface area (Å²) in [5, 5.41) is 0. The maximum Gasteiger partial charge on any atom is 0.194 e. The SMILES string of the molecule is Cc1nc2n(c1C(=O)CN)CC(C)CC2. The molecule has 1 aliphatic rings. The van der Waals surface area contributed by atoms with E-state index in [0.717, 1.165) is 36.6 Å². The molecule has 0 spiro atoms. The molecule has 0 fully saturated rings. The van der Waals surface area contributed by atoms with Gasteiger partial charge in [-0.1, -0.05) is 6.92 Å². The van der Waals surface area contributed by atoms with E-state index in [2.05, 4.69) is 16.5 Å². The number of imidazole rings is 1. The lowest BCUT2D eigenvalue weighted by atomic mass is 10.0. The fourth-order valence-electron chi connectivity index (χ4n) is 2.25. The highest BCUT2D eigenvalue weighted by Gasteiger charge is 2.24. The van der Waals surface area contributed by atoms with Crippen LogP contribution < -0.4 is 5.73 Å². The maximum atomic E-state index is 11.7. The van der Waals surface area contributed by atoms with Crippen molar-refractivity contribution in [3.63, 3.8) is 0 Å². The number of hydrogen-bond acceptors (Lipinski definition) is 3. The van der Waals surface area contributed by atoms with E-state index in [1.165, 1.54) is 0 Å². The van der Waals surface area contributed by atoms with Crippen molar-refractivity contribution in [2.24, 2.45) is 11.7 Å². The Bertz CT molecular complexity index is 395. The Labute approximate surface area is 89.5 Å². The number of ketones is 1. The fraction of sp³-hybridized carbons (Fsp3) is 0.636. The molecular formula is C11H17N3O. The van der Waals surface area contributed by atoms with Crippen molar-refractivity contribution in [1.29, 1.82) is 0 Å². The minimum Gasteiger partial charge on any atom is -0.325 e. The van der Waals surface area contributed by atoms with Gasteiger partial charge in [-0.15, -0.1) is 0 Å². The quantitative estimate of drug-likeness (QED) is 0.733. The Morgan fingerprint density at radius 3 is 3.07 bits per heavy atom. The zero-order valence-electron chi connectivity index (χ0n) is 9.29. The van der Waals surface area contributed by atoms with Gasteiger partial charge in [0.1, 0.15) is 11.5 Å². The average molecular weight is 207 g/mol. The summed E-state index contributed by atoms with van der Waals surface area (Å²) in [4.78, 5) is 16.1. The second-order valence-corrected chi connectivity index (χ2v) is 4.34. The molecule has 1 aliphatic heterocycles. The van der Waals surface area contributed by atoms with E-state index in [1.54, 1.807) is 0 Å². The van der Waals surface area contributed by atoms with Crippen LogP contribution in [0, 0.1) is 12.8 Å². The summed E-state index contributed by atoms with van der Waals surface area (Å²) in [5.41, 5.74) is 6.96. The van der Waals surface area contributed by atoms with Crippen LogP contribution in [-0.2, 0) is 13.0 Å². The number of carbonyl (C=O) groups is 1. The largest absolute Gasteiger partial charge is 0.325 e. The van der Waals surface area contributed by atoms with Gasteiger partial charge in [-0.25, -0.2) is 4.98 Å². The van der Waals surface area contributed by atoms with Crippen LogP contribution in [0.2, 0.25) is 0 Å². The zero-order valence-corrected chi connectivity index (χ0v) is 9.29. The van der Waals surface area contributed by atoms with E-state index in [0.29, 0.717) is 5.92 Å². The van der Waals surface area contributed by atoms with Crippen molar-refractivity contribution in [3.8, 4) is 0 Å². The topological polar surface area (TPSA) is 60.9 Å². The molecule has 2 heterocycles. The zero-order chi connectivity index (χ0) is 11.0. The van der Waals surface area contributed by atoms with E-state index in [-0.39, 0.29) is 12.3 Å². The molecule has 0 aromatic carbocycles. The molecule has 2 N–H and O–H groups in total. The van der Waals surface area contributed by atoms with Crippen LogP contribution in [-0.4, -0.2) is 21.9 Å². The van der Waals surface area contributed by atoms with E-state index in [4.69, 9.17) is 5.73 Å². The second-order valence-electron chi connectivity index (χ2n) is 4.34. The van der Waals surface area contributed by atoms with Crippen LogP contribution >= 0.6 is 0 Å². The number of aromatic nitrogens is 2. The Morgan fingerprint density at radius 1 is 1.67 bits per heavy atom. The van der Waals surface area contributed by atoms with Gasteiger partial charge in [-0.2, -0.15) is 0 Å².